The molecule has 7 nitrogen and oxygen atoms in total. The zero-order valence-corrected chi connectivity index (χ0v) is 22.0. The van der Waals surface area contributed by atoms with E-state index >= 15 is 0 Å². The van der Waals surface area contributed by atoms with Crippen LogP contribution < -0.4 is 14.8 Å². The summed E-state index contributed by atoms with van der Waals surface area (Å²) >= 11 is 2.99. The molecule has 1 aliphatic rings. The fraction of sp³-hybridized carbons (Fsp3) is 0.115. The third kappa shape index (κ3) is 6.43. The van der Waals surface area contributed by atoms with Crippen molar-refractivity contribution in [3.63, 3.8) is 0 Å². The van der Waals surface area contributed by atoms with Gasteiger partial charge in [-0.1, -0.05) is 18.2 Å². The van der Waals surface area contributed by atoms with Crippen LogP contribution in [-0.4, -0.2) is 35.6 Å². The summed E-state index contributed by atoms with van der Waals surface area (Å²) in [6.45, 7) is -0.0838. The van der Waals surface area contributed by atoms with Crippen molar-refractivity contribution in [3.8, 4) is 11.5 Å². The Balaban J connectivity index is 1.42. The molecule has 36 heavy (non-hydrogen) atoms. The fourth-order valence-electron chi connectivity index (χ4n) is 3.30. The Morgan fingerprint density at radius 1 is 1.06 bits per heavy atom. The topological polar surface area (TPSA) is 84.9 Å². The van der Waals surface area contributed by atoms with Crippen molar-refractivity contribution < 1.29 is 28.2 Å². The predicted octanol–water partition coefficient (Wildman–Crippen LogP) is 5.69. The quantitative estimate of drug-likeness (QED) is 0.258. The number of imide groups is 1. The summed E-state index contributed by atoms with van der Waals surface area (Å²) in [6.07, 6.45) is 1.56. The van der Waals surface area contributed by atoms with Crippen LogP contribution in [0, 0.1) is 9.39 Å². The van der Waals surface area contributed by atoms with Crippen LogP contribution in [0.5, 0.6) is 11.5 Å². The van der Waals surface area contributed by atoms with Gasteiger partial charge >= 0.3 is 0 Å². The summed E-state index contributed by atoms with van der Waals surface area (Å²) in [5.74, 6) is -0.559. The molecular weight excluding hydrogens is 598 g/mol. The van der Waals surface area contributed by atoms with Crippen LogP contribution in [0.3, 0.4) is 0 Å². The van der Waals surface area contributed by atoms with Gasteiger partial charge in [-0.2, -0.15) is 0 Å². The number of halogens is 2. The first-order valence-electron chi connectivity index (χ1n) is 10.7. The van der Waals surface area contributed by atoms with E-state index in [0.29, 0.717) is 29.4 Å². The molecule has 0 aromatic heterocycles. The number of methoxy groups -OCH3 is 1. The molecule has 3 aromatic rings. The Kier molecular flexibility index (Phi) is 8.26. The van der Waals surface area contributed by atoms with Crippen LogP contribution in [0.2, 0.25) is 0 Å². The number of anilines is 1. The minimum absolute atomic E-state index is 0.184. The van der Waals surface area contributed by atoms with Gasteiger partial charge in [-0.3, -0.25) is 19.3 Å². The zero-order chi connectivity index (χ0) is 25.7. The third-order valence-corrected chi connectivity index (χ3v) is 6.72. The SMILES string of the molecule is COc1cc(/C=C2\SC(=O)N(CC(=O)Nc3ccc(F)cc3)C2=O)ccc1OCc1ccc(I)cc1. The fourth-order valence-corrected chi connectivity index (χ4v) is 4.50. The van der Waals surface area contributed by atoms with E-state index in [1.165, 1.54) is 31.4 Å². The second-order valence-corrected chi connectivity index (χ2v) is 9.89. The molecule has 1 N–H and O–H groups in total. The Morgan fingerprint density at radius 3 is 2.47 bits per heavy atom. The molecule has 0 radical (unpaired) electrons. The van der Waals surface area contributed by atoms with Crippen LogP contribution >= 0.6 is 34.4 Å². The Hall–Kier alpha value is -3.38. The lowest BCUT2D eigenvalue weighted by Crippen LogP contribution is -2.36. The zero-order valence-electron chi connectivity index (χ0n) is 19.0. The molecule has 0 atom stereocenters. The van der Waals surface area contributed by atoms with E-state index < -0.39 is 29.4 Å². The third-order valence-electron chi connectivity index (χ3n) is 5.10. The van der Waals surface area contributed by atoms with E-state index in [0.717, 1.165) is 25.8 Å². The molecule has 184 valence electrons. The number of amides is 3. The second-order valence-electron chi connectivity index (χ2n) is 7.65. The highest BCUT2D eigenvalue weighted by Crippen LogP contribution is 2.34. The van der Waals surface area contributed by atoms with Gasteiger partial charge in [0.25, 0.3) is 11.1 Å². The van der Waals surface area contributed by atoms with Crippen LogP contribution in [-0.2, 0) is 16.2 Å². The molecule has 0 spiro atoms. The van der Waals surface area contributed by atoms with Gasteiger partial charge in [0.2, 0.25) is 5.91 Å². The Bertz CT molecular complexity index is 1330. The van der Waals surface area contributed by atoms with Gasteiger partial charge in [-0.25, -0.2) is 4.39 Å². The molecule has 0 unspecified atom stereocenters. The number of thioether (sulfide) groups is 1. The lowest BCUT2D eigenvalue weighted by atomic mass is 10.1. The number of hydrogen-bond donors (Lipinski definition) is 1. The van der Waals surface area contributed by atoms with E-state index in [2.05, 4.69) is 27.9 Å². The van der Waals surface area contributed by atoms with Gasteiger partial charge in [0.05, 0.1) is 12.0 Å². The van der Waals surface area contributed by atoms with Crippen molar-refractivity contribution >= 4 is 63.2 Å². The van der Waals surface area contributed by atoms with E-state index in [-0.39, 0.29) is 4.91 Å². The largest absolute Gasteiger partial charge is 0.493 e. The minimum atomic E-state index is -0.572. The smallest absolute Gasteiger partial charge is 0.294 e. The number of rotatable bonds is 8. The molecule has 4 rings (SSSR count). The highest BCUT2D eigenvalue weighted by atomic mass is 127. The first-order chi connectivity index (χ1) is 17.3. The number of carbonyl (C=O) groups excluding carboxylic acids is 3. The summed E-state index contributed by atoms with van der Waals surface area (Å²) in [5, 5.41) is 1.99. The van der Waals surface area contributed by atoms with Crippen LogP contribution in [0.25, 0.3) is 6.08 Å². The molecule has 1 fully saturated rings. The monoisotopic (exact) mass is 618 g/mol. The first kappa shape index (κ1) is 25.7. The number of nitrogens with zero attached hydrogens (tertiary/aromatic N) is 1. The van der Waals surface area contributed by atoms with Gasteiger partial charge < -0.3 is 14.8 Å². The number of carbonyl (C=O) groups is 3. The van der Waals surface area contributed by atoms with Crippen molar-refractivity contribution in [2.45, 2.75) is 6.61 Å². The van der Waals surface area contributed by atoms with Gasteiger partial charge in [-0.05, 0) is 100 Å². The number of ether oxygens (including phenoxy) is 2. The van der Waals surface area contributed by atoms with E-state index in [9.17, 15) is 18.8 Å². The molecule has 0 bridgehead atoms. The second kappa shape index (κ2) is 11.6. The van der Waals surface area contributed by atoms with Gasteiger partial charge in [0.1, 0.15) is 19.0 Å². The Labute approximate surface area is 224 Å². The number of nitrogens with one attached hydrogen (secondary N) is 1. The summed E-state index contributed by atoms with van der Waals surface area (Å²) in [5.41, 5.74) is 2.01. The number of hydrogen-bond acceptors (Lipinski definition) is 6. The number of benzene rings is 3. The van der Waals surface area contributed by atoms with Crippen molar-refractivity contribution in [3.05, 3.63) is 92.1 Å². The molecule has 10 heteroatoms. The van der Waals surface area contributed by atoms with Crippen LogP contribution in [0.15, 0.2) is 71.6 Å². The van der Waals surface area contributed by atoms with Crippen molar-refractivity contribution in [2.24, 2.45) is 0 Å². The molecule has 1 saturated heterocycles. The molecule has 3 aromatic carbocycles. The predicted molar refractivity (Wildman–Crippen MR) is 144 cm³/mol. The van der Waals surface area contributed by atoms with Crippen LogP contribution in [0.1, 0.15) is 11.1 Å². The molecule has 0 saturated carbocycles. The first-order valence-corrected chi connectivity index (χ1v) is 12.6. The van der Waals surface area contributed by atoms with E-state index in [1.807, 2.05) is 24.3 Å². The molecule has 0 aliphatic carbocycles. The maximum absolute atomic E-state index is 13.0. The molecule has 3 amide bonds. The van der Waals surface area contributed by atoms with Crippen LogP contribution in [0.4, 0.5) is 14.9 Å². The maximum Gasteiger partial charge on any atom is 0.294 e. The molecule has 1 aliphatic heterocycles. The lowest BCUT2D eigenvalue weighted by molar-refractivity contribution is -0.127. The molecular formula is C26H20FIN2O5S. The van der Waals surface area contributed by atoms with Gasteiger partial charge in [0.15, 0.2) is 11.5 Å². The highest BCUT2D eigenvalue weighted by Gasteiger charge is 2.36. The minimum Gasteiger partial charge on any atom is -0.493 e. The van der Waals surface area contributed by atoms with Crippen molar-refractivity contribution in [2.75, 3.05) is 19.0 Å². The summed E-state index contributed by atoms with van der Waals surface area (Å²) in [6, 6.07) is 18.3. The summed E-state index contributed by atoms with van der Waals surface area (Å²) in [7, 11) is 1.52. The highest BCUT2D eigenvalue weighted by molar-refractivity contribution is 14.1. The van der Waals surface area contributed by atoms with Crippen molar-refractivity contribution in [1.82, 2.24) is 4.90 Å². The van der Waals surface area contributed by atoms with E-state index in [4.69, 9.17) is 9.47 Å². The molecule has 1 heterocycles. The Morgan fingerprint density at radius 2 is 1.78 bits per heavy atom. The van der Waals surface area contributed by atoms with E-state index in [1.54, 1.807) is 24.3 Å². The normalized spacial score (nSPS) is 14.3. The van der Waals surface area contributed by atoms with Crippen molar-refractivity contribution in [1.29, 1.82) is 0 Å². The van der Waals surface area contributed by atoms with Gasteiger partial charge in [0, 0.05) is 9.26 Å². The lowest BCUT2D eigenvalue weighted by Gasteiger charge is -2.12. The maximum atomic E-state index is 13.0. The summed E-state index contributed by atoms with van der Waals surface area (Å²) in [4.78, 5) is 38.5. The summed E-state index contributed by atoms with van der Waals surface area (Å²) < 4.78 is 25.5. The van der Waals surface area contributed by atoms with Gasteiger partial charge in [-0.15, -0.1) is 0 Å². The standard InChI is InChI=1S/C26H20FIN2O5S/c1-34-22-12-17(4-11-21(22)35-15-16-2-7-19(28)8-3-16)13-23-25(32)30(26(33)36-23)14-24(31)29-20-9-5-18(27)6-10-20/h2-13H,14-15H2,1H3,(H,29,31)/b23-13-. The average Bonchev–Trinajstić information content (AvgIpc) is 3.12. The average molecular weight is 618 g/mol.